The average Bonchev–Trinajstić information content (AvgIpc) is 3.60. The summed E-state index contributed by atoms with van der Waals surface area (Å²) in [5.41, 5.74) is 2.59. The number of nitrogens with zero attached hydrogens (tertiary/aromatic N) is 5. The van der Waals surface area contributed by atoms with Crippen LogP contribution in [0.4, 0.5) is 4.39 Å². The van der Waals surface area contributed by atoms with Gasteiger partial charge in [-0.25, -0.2) is 9.18 Å². The number of fused-ring (bicyclic) bond motifs is 1. The minimum atomic E-state index is -1.06. The van der Waals surface area contributed by atoms with E-state index in [0.717, 1.165) is 37.0 Å². The smallest absolute Gasteiger partial charge is 0.335 e. The molecule has 1 unspecified atom stereocenters. The number of rotatable bonds is 9. The van der Waals surface area contributed by atoms with E-state index >= 15 is 4.39 Å². The van der Waals surface area contributed by atoms with Crippen LogP contribution in [0.5, 0.6) is 5.75 Å². The van der Waals surface area contributed by atoms with E-state index in [9.17, 15) is 19.5 Å². The second kappa shape index (κ2) is 13.6. The van der Waals surface area contributed by atoms with Gasteiger partial charge >= 0.3 is 5.97 Å². The Labute approximate surface area is 269 Å². The summed E-state index contributed by atoms with van der Waals surface area (Å²) in [5.74, 6) is -1.82. The molecule has 1 N–H and O–H groups in total. The first kappa shape index (κ1) is 31.1. The van der Waals surface area contributed by atoms with E-state index in [-0.39, 0.29) is 46.7 Å². The van der Waals surface area contributed by atoms with Gasteiger partial charge in [-0.1, -0.05) is 42.3 Å². The van der Waals surface area contributed by atoms with Gasteiger partial charge in [-0.15, -0.1) is 5.10 Å². The number of ketones is 1. The van der Waals surface area contributed by atoms with Crippen molar-refractivity contribution in [2.24, 2.45) is 0 Å². The van der Waals surface area contributed by atoms with Crippen LogP contribution in [0.3, 0.4) is 0 Å². The lowest BCUT2D eigenvalue weighted by Gasteiger charge is -2.37. The van der Waals surface area contributed by atoms with Crippen LogP contribution in [0.25, 0.3) is 11.8 Å². The first-order valence-electron chi connectivity index (χ1n) is 15.1. The number of hydrogen-bond acceptors (Lipinski definition) is 7. The monoisotopic (exact) mass is 643 g/mol. The fraction of sp³-hybridized carbons (Fsp3) is 0.294. The van der Waals surface area contributed by atoms with E-state index < -0.39 is 23.7 Å². The number of hydrogen-bond donors (Lipinski definition) is 1. The number of ether oxygens (including phenoxy) is 1. The first-order valence-corrected chi connectivity index (χ1v) is 15.5. The molecule has 0 saturated heterocycles. The van der Waals surface area contributed by atoms with Gasteiger partial charge < -0.3 is 14.7 Å². The van der Waals surface area contributed by atoms with Crippen molar-refractivity contribution in [3.63, 3.8) is 0 Å². The fourth-order valence-corrected chi connectivity index (χ4v) is 6.36. The van der Waals surface area contributed by atoms with Gasteiger partial charge in [0.1, 0.15) is 18.1 Å². The average molecular weight is 644 g/mol. The van der Waals surface area contributed by atoms with Crippen LogP contribution in [0.2, 0.25) is 5.02 Å². The van der Waals surface area contributed by atoms with Crippen LogP contribution >= 0.6 is 11.6 Å². The lowest BCUT2D eigenvalue weighted by molar-refractivity contribution is -0.136. The predicted octanol–water partition coefficient (Wildman–Crippen LogP) is 5.82. The molecule has 236 valence electrons. The molecule has 1 fully saturated rings. The Bertz CT molecular complexity index is 1790. The highest BCUT2D eigenvalue weighted by Gasteiger charge is 2.36. The fourth-order valence-electron chi connectivity index (χ4n) is 6.19. The second-order valence-electron chi connectivity index (χ2n) is 11.4. The highest BCUT2D eigenvalue weighted by molar-refractivity contribution is 6.31. The minimum Gasteiger partial charge on any atom is -0.490 e. The van der Waals surface area contributed by atoms with Crippen molar-refractivity contribution in [3.8, 4) is 11.4 Å². The number of Topliss-reactive ketones (excluding diaryl/α,β-unsaturated/α-hetero) is 1. The highest BCUT2D eigenvalue weighted by atomic mass is 35.5. The maximum absolute atomic E-state index is 15.2. The van der Waals surface area contributed by atoms with Gasteiger partial charge in [-0.3, -0.25) is 9.59 Å². The van der Waals surface area contributed by atoms with Crippen LogP contribution in [-0.4, -0.2) is 60.5 Å². The van der Waals surface area contributed by atoms with Crippen molar-refractivity contribution < 1.29 is 28.6 Å². The summed E-state index contributed by atoms with van der Waals surface area (Å²) in [6, 6.07) is 13.7. The Morgan fingerprint density at radius 1 is 1.04 bits per heavy atom. The number of aromatic carboxylic acids is 1. The molecule has 1 aliphatic heterocycles. The van der Waals surface area contributed by atoms with Crippen molar-refractivity contribution in [1.82, 2.24) is 25.1 Å². The van der Waals surface area contributed by atoms with Gasteiger partial charge in [0.05, 0.1) is 22.4 Å². The molecule has 4 aromatic rings. The number of carbonyl (C=O) groups excluding carboxylic acids is 2. The van der Waals surface area contributed by atoms with Crippen molar-refractivity contribution in [2.45, 2.75) is 57.1 Å². The molecule has 0 radical (unpaired) electrons. The Morgan fingerprint density at radius 2 is 1.83 bits per heavy atom. The quantitative estimate of drug-likeness (QED) is 0.226. The van der Waals surface area contributed by atoms with Crippen LogP contribution in [0.1, 0.15) is 70.8 Å². The minimum absolute atomic E-state index is 0.00937. The van der Waals surface area contributed by atoms with Gasteiger partial charge in [-0.05, 0) is 90.1 Å². The number of carboxylic acids is 1. The molecule has 46 heavy (non-hydrogen) atoms. The second-order valence-corrected chi connectivity index (χ2v) is 11.8. The third-order valence-electron chi connectivity index (χ3n) is 8.49. The van der Waals surface area contributed by atoms with Crippen molar-refractivity contribution in [2.75, 3.05) is 6.54 Å². The number of carbonyl (C=O) groups is 3. The van der Waals surface area contributed by atoms with Gasteiger partial charge in [0.15, 0.2) is 11.6 Å². The lowest BCUT2D eigenvalue weighted by atomic mass is 9.87. The molecule has 10 nitrogen and oxygen atoms in total. The highest BCUT2D eigenvalue weighted by Crippen LogP contribution is 2.38. The zero-order valence-corrected chi connectivity index (χ0v) is 25.6. The predicted molar refractivity (Wildman–Crippen MR) is 167 cm³/mol. The summed E-state index contributed by atoms with van der Waals surface area (Å²) in [5, 5.41) is 20.2. The molecular formula is C34H31ClFN5O5. The molecule has 6 rings (SSSR count). The summed E-state index contributed by atoms with van der Waals surface area (Å²) >= 11 is 6.07. The molecule has 2 aliphatic rings. The number of benzene rings is 3. The number of carboxylic acid groups (broad SMARTS) is 1. The first-order chi connectivity index (χ1) is 22.3. The summed E-state index contributed by atoms with van der Waals surface area (Å²) < 4.78 is 22.9. The van der Waals surface area contributed by atoms with E-state index in [0.29, 0.717) is 17.5 Å². The van der Waals surface area contributed by atoms with Crippen LogP contribution < -0.4 is 4.74 Å². The van der Waals surface area contributed by atoms with Crippen LogP contribution in [0, 0.1) is 5.82 Å². The van der Waals surface area contributed by atoms with E-state index in [2.05, 4.69) is 15.5 Å². The Morgan fingerprint density at radius 3 is 2.54 bits per heavy atom. The summed E-state index contributed by atoms with van der Waals surface area (Å²) in [7, 11) is 0. The Hall–Kier alpha value is -4.90. The third-order valence-corrected chi connectivity index (χ3v) is 8.78. The summed E-state index contributed by atoms with van der Waals surface area (Å²) in [6.45, 7) is 0.230. The number of halogens is 2. The number of tetrazole rings is 1. The van der Waals surface area contributed by atoms with Crippen molar-refractivity contribution in [3.05, 3.63) is 106 Å². The molecule has 2 heterocycles. The molecule has 0 spiro atoms. The SMILES string of the molecule is O=C(O)c1ccc(CC(=O)C2c3cccc(OC4CCCCC4)c3CCN2C(=O)/C=C/c2c(-n3cnnn3)ccc(Cl)c2F)cc1. The molecule has 1 atom stereocenters. The lowest BCUT2D eigenvalue weighted by Crippen LogP contribution is -2.43. The van der Waals surface area contributed by atoms with E-state index in [1.165, 1.54) is 52.7 Å². The normalized spacial score (nSPS) is 16.7. The molecule has 3 aromatic carbocycles. The summed E-state index contributed by atoms with van der Waals surface area (Å²) in [6.07, 6.45) is 9.73. The Balaban J connectivity index is 1.33. The van der Waals surface area contributed by atoms with E-state index in [1.807, 2.05) is 18.2 Å². The maximum Gasteiger partial charge on any atom is 0.335 e. The third kappa shape index (κ3) is 6.55. The van der Waals surface area contributed by atoms with Gasteiger partial charge in [-0.2, -0.15) is 4.68 Å². The zero-order valence-electron chi connectivity index (χ0n) is 24.8. The standard InChI is InChI=1S/C34H31ClFN5O5/c35-27-14-15-28(41-20-37-38-39-41)26(32(27)36)13-16-31(43)40-18-17-24-25(7-4-8-30(24)46-23-5-2-1-3-6-23)33(40)29(42)19-21-9-11-22(12-10-21)34(44)45/h4,7-16,20,23,33H,1-3,5-6,17-19H2,(H,44,45)/b16-13+. The molecule has 12 heteroatoms. The number of amides is 1. The van der Waals surface area contributed by atoms with Gasteiger partial charge in [0, 0.05) is 30.2 Å². The topological polar surface area (TPSA) is 128 Å². The molecular weight excluding hydrogens is 613 g/mol. The number of aromatic nitrogens is 4. The van der Waals surface area contributed by atoms with E-state index in [4.69, 9.17) is 16.3 Å². The van der Waals surface area contributed by atoms with Gasteiger partial charge in [0.25, 0.3) is 0 Å². The van der Waals surface area contributed by atoms with Gasteiger partial charge in [0.2, 0.25) is 5.91 Å². The summed E-state index contributed by atoms with van der Waals surface area (Å²) in [4.78, 5) is 40.7. The molecule has 1 saturated carbocycles. The molecule has 1 aromatic heterocycles. The maximum atomic E-state index is 15.2. The molecule has 1 amide bonds. The van der Waals surface area contributed by atoms with Crippen molar-refractivity contribution in [1.29, 1.82) is 0 Å². The Kier molecular flexibility index (Phi) is 9.20. The molecule has 1 aliphatic carbocycles. The zero-order chi connectivity index (χ0) is 32.2. The van der Waals surface area contributed by atoms with Crippen molar-refractivity contribution >= 4 is 35.3 Å². The molecule has 0 bridgehead atoms. The largest absolute Gasteiger partial charge is 0.490 e. The van der Waals surface area contributed by atoms with E-state index in [1.54, 1.807) is 18.2 Å². The van der Waals surface area contributed by atoms with Crippen LogP contribution in [0.15, 0.2) is 67.0 Å². The van der Waals surface area contributed by atoms with Crippen LogP contribution in [-0.2, 0) is 22.4 Å².